The van der Waals surface area contributed by atoms with Crippen LogP contribution in [0.5, 0.6) is 0 Å². The molecule has 1 aliphatic rings. The minimum atomic E-state index is -0.983. The predicted molar refractivity (Wildman–Crippen MR) is 86.1 cm³/mol. The number of carbonyl (C=O) groups is 2. The topological polar surface area (TPSA) is 49.4 Å². The summed E-state index contributed by atoms with van der Waals surface area (Å²) in [6.45, 7) is 6.21. The number of hydrogen-bond acceptors (Lipinski definition) is 3. The number of thioether (sulfide) groups is 1. The van der Waals surface area contributed by atoms with E-state index in [2.05, 4.69) is 12.2 Å². The normalized spacial score (nSPS) is 27.4. The van der Waals surface area contributed by atoms with Crippen LogP contribution in [-0.2, 0) is 15.1 Å². The van der Waals surface area contributed by atoms with Gasteiger partial charge in [-0.05, 0) is 25.7 Å². The Labute approximate surface area is 130 Å². The molecule has 1 saturated heterocycles. The lowest BCUT2D eigenvalue weighted by molar-refractivity contribution is -0.154. The van der Waals surface area contributed by atoms with Gasteiger partial charge in [-0.3, -0.25) is 9.59 Å². The fourth-order valence-electron chi connectivity index (χ4n) is 2.57. The van der Waals surface area contributed by atoms with Crippen LogP contribution in [0.1, 0.15) is 26.3 Å². The van der Waals surface area contributed by atoms with Crippen LogP contribution in [0.3, 0.4) is 0 Å². The molecule has 1 aromatic rings. The number of amides is 2. The van der Waals surface area contributed by atoms with Gasteiger partial charge in [0.15, 0.2) is 0 Å². The Morgan fingerprint density at radius 2 is 1.95 bits per heavy atom. The van der Waals surface area contributed by atoms with Gasteiger partial charge in [0.1, 0.15) is 11.6 Å². The van der Waals surface area contributed by atoms with E-state index in [0.29, 0.717) is 11.8 Å². The van der Waals surface area contributed by atoms with Gasteiger partial charge < -0.3 is 10.2 Å². The van der Waals surface area contributed by atoms with E-state index in [1.54, 1.807) is 30.5 Å². The first-order valence-electron chi connectivity index (χ1n) is 7.11. The molecule has 0 radical (unpaired) electrons. The van der Waals surface area contributed by atoms with E-state index in [0.717, 1.165) is 5.56 Å². The first-order valence-corrected chi connectivity index (χ1v) is 8.40. The highest BCUT2D eigenvalue weighted by Gasteiger charge is 2.47. The molecule has 1 N–H and O–H groups in total. The molecule has 4 nitrogen and oxygen atoms in total. The summed E-state index contributed by atoms with van der Waals surface area (Å²) in [4.78, 5) is 27.0. The summed E-state index contributed by atoms with van der Waals surface area (Å²) in [5.74, 6) is -0.143. The molecule has 0 aromatic heterocycles. The molecule has 0 saturated carbocycles. The van der Waals surface area contributed by atoms with E-state index < -0.39 is 11.6 Å². The third-order valence-electron chi connectivity index (χ3n) is 4.12. The molecule has 114 valence electrons. The molecular formula is C16H22N2O2S. The number of nitrogens with zero attached hydrogens (tertiary/aromatic N) is 1. The minimum Gasteiger partial charge on any atom is -0.336 e. The summed E-state index contributed by atoms with van der Waals surface area (Å²) in [6, 6.07) is 9.00. The summed E-state index contributed by atoms with van der Waals surface area (Å²) in [5.41, 5.74) is -0.166. The second-order valence-electron chi connectivity index (χ2n) is 5.66. The van der Waals surface area contributed by atoms with Crippen molar-refractivity contribution in [3.05, 3.63) is 35.9 Å². The smallest absolute Gasteiger partial charge is 0.253 e. The summed E-state index contributed by atoms with van der Waals surface area (Å²) in [5, 5.41) is 3.19. The van der Waals surface area contributed by atoms with Crippen molar-refractivity contribution < 1.29 is 9.59 Å². The van der Waals surface area contributed by atoms with Gasteiger partial charge in [0.2, 0.25) is 5.91 Å². The quantitative estimate of drug-likeness (QED) is 0.925. The third kappa shape index (κ3) is 2.93. The van der Waals surface area contributed by atoms with Crippen LogP contribution in [0, 0.1) is 0 Å². The average Bonchev–Trinajstić information content (AvgIpc) is 2.50. The van der Waals surface area contributed by atoms with Crippen LogP contribution in [0.4, 0.5) is 0 Å². The van der Waals surface area contributed by atoms with E-state index in [1.165, 1.54) is 0 Å². The number of carbonyl (C=O) groups excluding carboxylic acids is 2. The molecule has 0 aliphatic carbocycles. The fraction of sp³-hybridized carbons (Fsp3) is 0.500. The Morgan fingerprint density at radius 3 is 2.52 bits per heavy atom. The summed E-state index contributed by atoms with van der Waals surface area (Å²) in [7, 11) is 0. The highest BCUT2D eigenvalue weighted by atomic mass is 32.2. The van der Waals surface area contributed by atoms with Crippen LogP contribution in [0.25, 0.3) is 0 Å². The zero-order valence-corrected chi connectivity index (χ0v) is 13.7. The number of rotatable bonds is 4. The predicted octanol–water partition coefficient (Wildman–Crippen LogP) is 2.00. The molecule has 0 bridgehead atoms. The lowest BCUT2D eigenvalue weighted by atomic mass is 9.87. The molecule has 2 rings (SSSR count). The Kier molecular flexibility index (Phi) is 4.61. The number of benzene rings is 1. The average molecular weight is 306 g/mol. The molecule has 0 spiro atoms. The highest BCUT2D eigenvalue weighted by molar-refractivity contribution is 7.99. The first-order chi connectivity index (χ1) is 9.90. The lowest BCUT2D eigenvalue weighted by Gasteiger charge is -2.44. The molecule has 1 aliphatic heterocycles. The Morgan fingerprint density at radius 1 is 1.33 bits per heavy atom. The maximum Gasteiger partial charge on any atom is 0.253 e. The van der Waals surface area contributed by atoms with E-state index in [-0.39, 0.29) is 11.8 Å². The molecule has 5 heteroatoms. The molecule has 1 heterocycles. The maximum atomic E-state index is 13.0. The molecule has 1 fully saturated rings. The van der Waals surface area contributed by atoms with Crippen LogP contribution in [0.15, 0.2) is 30.3 Å². The summed E-state index contributed by atoms with van der Waals surface area (Å²) < 4.78 is 0. The minimum absolute atomic E-state index is 0.0401. The molecule has 1 aromatic carbocycles. The van der Waals surface area contributed by atoms with Crippen molar-refractivity contribution in [1.82, 2.24) is 10.2 Å². The van der Waals surface area contributed by atoms with Crippen molar-refractivity contribution in [3.63, 3.8) is 0 Å². The number of hydrogen-bond donors (Lipinski definition) is 1. The maximum absolute atomic E-state index is 13.0. The van der Waals surface area contributed by atoms with Gasteiger partial charge in [-0.1, -0.05) is 37.3 Å². The molecule has 3 atom stereocenters. The third-order valence-corrected chi connectivity index (χ3v) is 5.07. The van der Waals surface area contributed by atoms with Crippen LogP contribution in [0.2, 0.25) is 0 Å². The van der Waals surface area contributed by atoms with E-state index in [4.69, 9.17) is 0 Å². The van der Waals surface area contributed by atoms with Gasteiger partial charge in [-0.2, -0.15) is 11.8 Å². The fourth-order valence-corrected chi connectivity index (χ4v) is 2.88. The SMILES string of the molecule is CSC(C)CN1C(=O)C(C)(c2ccccc2)NC(=O)C1C. The largest absolute Gasteiger partial charge is 0.336 e. The first kappa shape index (κ1) is 15.9. The highest BCUT2D eigenvalue weighted by Crippen LogP contribution is 2.29. The Bertz CT molecular complexity index is 534. The van der Waals surface area contributed by atoms with Crippen molar-refractivity contribution in [1.29, 1.82) is 0 Å². The van der Waals surface area contributed by atoms with Gasteiger partial charge in [-0.15, -0.1) is 0 Å². The molecule has 2 amide bonds. The molecule has 3 unspecified atom stereocenters. The van der Waals surface area contributed by atoms with Gasteiger partial charge >= 0.3 is 0 Å². The standard InChI is InChI=1S/C16H22N2O2S/c1-11(21-4)10-18-12(2)14(19)17-16(3,15(18)20)13-8-6-5-7-9-13/h5-9,11-12H,10H2,1-4H3,(H,17,19). The van der Waals surface area contributed by atoms with Crippen LogP contribution >= 0.6 is 11.8 Å². The van der Waals surface area contributed by atoms with Crippen molar-refractivity contribution in [2.24, 2.45) is 0 Å². The van der Waals surface area contributed by atoms with Gasteiger partial charge in [0.05, 0.1) is 0 Å². The monoisotopic (exact) mass is 306 g/mol. The van der Waals surface area contributed by atoms with Gasteiger partial charge in [0, 0.05) is 11.8 Å². The second-order valence-corrected chi connectivity index (χ2v) is 6.94. The van der Waals surface area contributed by atoms with E-state index >= 15 is 0 Å². The number of piperazine rings is 1. The summed E-state index contributed by atoms with van der Waals surface area (Å²) >= 11 is 1.69. The zero-order valence-electron chi connectivity index (χ0n) is 12.9. The lowest BCUT2D eigenvalue weighted by Crippen LogP contribution is -2.67. The van der Waals surface area contributed by atoms with Gasteiger partial charge in [-0.25, -0.2) is 0 Å². The van der Waals surface area contributed by atoms with Crippen LogP contribution < -0.4 is 5.32 Å². The Balaban J connectivity index is 2.36. The van der Waals surface area contributed by atoms with Crippen molar-refractivity contribution in [2.45, 2.75) is 37.6 Å². The molecule has 21 heavy (non-hydrogen) atoms. The Hall–Kier alpha value is -1.49. The second kappa shape index (κ2) is 6.10. The number of nitrogens with one attached hydrogen (secondary N) is 1. The van der Waals surface area contributed by atoms with E-state index in [1.807, 2.05) is 36.6 Å². The van der Waals surface area contributed by atoms with Crippen molar-refractivity contribution in [2.75, 3.05) is 12.8 Å². The van der Waals surface area contributed by atoms with Gasteiger partial charge in [0.25, 0.3) is 5.91 Å². The van der Waals surface area contributed by atoms with Crippen molar-refractivity contribution >= 4 is 23.6 Å². The summed E-state index contributed by atoms with van der Waals surface area (Å²) in [6.07, 6.45) is 2.01. The van der Waals surface area contributed by atoms with Crippen LogP contribution in [-0.4, -0.2) is 40.8 Å². The van der Waals surface area contributed by atoms with E-state index in [9.17, 15) is 9.59 Å². The molecular weight excluding hydrogens is 284 g/mol. The van der Waals surface area contributed by atoms with Crippen molar-refractivity contribution in [3.8, 4) is 0 Å². The zero-order chi connectivity index (χ0) is 15.6.